The van der Waals surface area contributed by atoms with E-state index < -0.39 is 0 Å². The predicted molar refractivity (Wildman–Crippen MR) is 82.4 cm³/mol. The van der Waals surface area contributed by atoms with E-state index in [4.69, 9.17) is 10.5 Å². The first kappa shape index (κ1) is 14.4. The second-order valence-electron chi connectivity index (χ2n) is 6.21. The second-order valence-corrected chi connectivity index (χ2v) is 6.21. The van der Waals surface area contributed by atoms with Crippen LogP contribution in [0.2, 0.25) is 0 Å². The van der Waals surface area contributed by atoms with E-state index in [1.54, 1.807) is 0 Å². The Morgan fingerprint density at radius 2 is 2.05 bits per heavy atom. The zero-order chi connectivity index (χ0) is 14.8. The number of nitrogens with two attached hydrogens (primary N) is 1. The van der Waals surface area contributed by atoms with Gasteiger partial charge < -0.3 is 15.4 Å². The summed E-state index contributed by atoms with van der Waals surface area (Å²) in [5.74, 6) is 0.917. The molecule has 1 aromatic carbocycles. The highest BCUT2D eigenvalue weighted by atomic mass is 16.5. The largest absolute Gasteiger partial charge is 0.494 e. The lowest BCUT2D eigenvalue weighted by Crippen LogP contribution is -2.50. The molecule has 0 aromatic heterocycles. The van der Waals surface area contributed by atoms with Crippen molar-refractivity contribution in [2.75, 3.05) is 6.61 Å². The fraction of sp³-hybridized carbons (Fsp3) is 0.588. The minimum absolute atomic E-state index is 0.136. The molecule has 0 spiro atoms. The lowest BCUT2D eigenvalue weighted by molar-refractivity contribution is 0.0574. The Kier molecular flexibility index (Phi) is 4.15. The smallest absolute Gasteiger partial charge is 0.254 e. The van der Waals surface area contributed by atoms with E-state index in [1.165, 1.54) is 0 Å². The molecule has 2 N–H and O–H groups in total. The van der Waals surface area contributed by atoms with Crippen LogP contribution in [0, 0.1) is 0 Å². The molecular weight excluding hydrogens is 264 g/mol. The van der Waals surface area contributed by atoms with Crippen molar-refractivity contribution in [3.8, 4) is 5.75 Å². The summed E-state index contributed by atoms with van der Waals surface area (Å²) >= 11 is 0. The van der Waals surface area contributed by atoms with Crippen LogP contribution in [0.3, 0.4) is 0 Å². The summed E-state index contributed by atoms with van der Waals surface area (Å²) in [6.45, 7) is 2.76. The molecule has 1 aromatic rings. The fourth-order valence-corrected chi connectivity index (χ4v) is 3.64. The van der Waals surface area contributed by atoms with Gasteiger partial charge in [-0.2, -0.15) is 0 Å². The van der Waals surface area contributed by atoms with E-state index >= 15 is 0 Å². The number of hydrogen-bond acceptors (Lipinski definition) is 3. The number of nitrogens with zero attached hydrogens (tertiary/aromatic N) is 1. The summed E-state index contributed by atoms with van der Waals surface area (Å²) in [6, 6.07) is 8.47. The third-order valence-electron chi connectivity index (χ3n) is 4.56. The van der Waals surface area contributed by atoms with E-state index in [1.807, 2.05) is 24.3 Å². The van der Waals surface area contributed by atoms with Crippen molar-refractivity contribution in [3.63, 3.8) is 0 Å². The van der Waals surface area contributed by atoms with Gasteiger partial charge in [-0.1, -0.05) is 13.0 Å². The first-order chi connectivity index (χ1) is 10.2. The molecule has 2 saturated heterocycles. The third kappa shape index (κ3) is 2.91. The summed E-state index contributed by atoms with van der Waals surface area (Å²) in [6.07, 6.45) is 5.03. The van der Waals surface area contributed by atoms with Crippen LogP contribution in [0.1, 0.15) is 49.4 Å². The third-order valence-corrected chi connectivity index (χ3v) is 4.56. The summed E-state index contributed by atoms with van der Waals surface area (Å²) in [4.78, 5) is 14.9. The van der Waals surface area contributed by atoms with Crippen molar-refractivity contribution >= 4 is 5.91 Å². The maximum Gasteiger partial charge on any atom is 0.254 e. The van der Waals surface area contributed by atoms with Gasteiger partial charge in [-0.05, 0) is 50.3 Å². The number of piperidine rings is 1. The number of carbonyl (C=O) groups excluding carboxylic acids is 1. The molecule has 0 saturated carbocycles. The van der Waals surface area contributed by atoms with Crippen LogP contribution < -0.4 is 10.5 Å². The number of carbonyl (C=O) groups is 1. The van der Waals surface area contributed by atoms with Gasteiger partial charge in [0.15, 0.2) is 0 Å². The topological polar surface area (TPSA) is 55.6 Å². The van der Waals surface area contributed by atoms with Crippen molar-refractivity contribution in [2.24, 2.45) is 5.73 Å². The molecule has 2 aliphatic rings. The quantitative estimate of drug-likeness (QED) is 0.926. The van der Waals surface area contributed by atoms with Crippen LogP contribution in [-0.4, -0.2) is 35.5 Å². The lowest BCUT2D eigenvalue weighted by Gasteiger charge is -2.37. The molecule has 21 heavy (non-hydrogen) atoms. The minimum atomic E-state index is 0.136. The van der Waals surface area contributed by atoms with Gasteiger partial charge in [0.1, 0.15) is 5.75 Å². The van der Waals surface area contributed by atoms with Crippen LogP contribution >= 0.6 is 0 Å². The van der Waals surface area contributed by atoms with Gasteiger partial charge in [0.25, 0.3) is 5.91 Å². The van der Waals surface area contributed by atoms with Gasteiger partial charge in [0, 0.05) is 23.7 Å². The van der Waals surface area contributed by atoms with Crippen molar-refractivity contribution in [1.82, 2.24) is 4.90 Å². The standard InChI is InChI=1S/C17H24N2O2/c1-2-8-21-16-5-3-4-12(9-16)17(20)19-14-6-7-15(19)11-13(18)10-14/h3-5,9,13-15H,2,6-8,10-11,18H2,1H3. The Labute approximate surface area is 126 Å². The minimum Gasteiger partial charge on any atom is -0.494 e. The number of ether oxygens (including phenoxy) is 1. The van der Waals surface area contributed by atoms with Gasteiger partial charge in [0.05, 0.1) is 6.61 Å². The number of hydrogen-bond donors (Lipinski definition) is 1. The maximum atomic E-state index is 12.8. The van der Waals surface area contributed by atoms with E-state index in [2.05, 4.69) is 11.8 Å². The highest BCUT2D eigenvalue weighted by Crippen LogP contribution is 2.36. The molecule has 4 nitrogen and oxygen atoms in total. The lowest BCUT2D eigenvalue weighted by atomic mass is 9.97. The molecule has 4 heteroatoms. The fourth-order valence-electron chi connectivity index (χ4n) is 3.64. The number of fused-ring (bicyclic) bond motifs is 2. The van der Waals surface area contributed by atoms with Crippen molar-refractivity contribution < 1.29 is 9.53 Å². The molecule has 114 valence electrons. The van der Waals surface area contributed by atoms with Crippen molar-refractivity contribution in [1.29, 1.82) is 0 Å². The first-order valence-corrected chi connectivity index (χ1v) is 8.00. The van der Waals surface area contributed by atoms with Crippen LogP contribution in [0.5, 0.6) is 5.75 Å². The Balaban J connectivity index is 1.76. The number of benzene rings is 1. The van der Waals surface area contributed by atoms with E-state index in [9.17, 15) is 4.79 Å². The molecule has 2 heterocycles. The number of amides is 1. The Hall–Kier alpha value is -1.55. The van der Waals surface area contributed by atoms with Gasteiger partial charge in [0.2, 0.25) is 0 Å². The molecule has 2 aliphatic heterocycles. The highest BCUT2D eigenvalue weighted by molar-refractivity contribution is 5.95. The van der Waals surface area contributed by atoms with Crippen LogP contribution in [0.25, 0.3) is 0 Å². The van der Waals surface area contributed by atoms with Crippen LogP contribution in [0.4, 0.5) is 0 Å². The monoisotopic (exact) mass is 288 g/mol. The second kappa shape index (κ2) is 6.06. The Morgan fingerprint density at radius 1 is 1.33 bits per heavy atom. The normalized spacial score (nSPS) is 27.7. The molecule has 2 unspecified atom stereocenters. The van der Waals surface area contributed by atoms with Crippen molar-refractivity contribution in [2.45, 2.75) is 57.2 Å². The molecule has 3 rings (SSSR count). The zero-order valence-electron chi connectivity index (χ0n) is 12.6. The molecule has 1 amide bonds. The number of rotatable bonds is 4. The molecule has 2 bridgehead atoms. The predicted octanol–water partition coefficient (Wildman–Crippen LogP) is 2.57. The summed E-state index contributed by atoms with van der Waals surface area (Å²) in [5.41, 5.74) is 6.81. The van der Waals surface area contributed by atoms with Crippen LogP contribution in [-0.2, 0) is 0 Å². The van der Waals surface area contributed by atoms with Gasteiger partial charge in [-0.25, -0.2) is 0 Å². The molecule has 0 aliphatic carbocycles. The molecule has 0 radical (unpaired) electrons. The molecule has 2 fully saturated rings. The van der Waals surface area contributed by atoms with E-state index in [0.29, 0.717) is 18.7 Å². The molecule has 2 atom stereocenters. The summed E-state index contributed by atoms with van der Waals surface area (Å²) < 4.78 is 5.63. The SMILES string of the molecule is CCCOc1cccc(C(=O)N2C3CCC2CC(N)C3)c1. The Bertz CT molecular complexity index is 503. The average Bonchev–Trinajstić information content (AvgIpc) is 2.76. The van der Waals surface area contributed by atoms with Crippen molar-refractivity contribution in [3.05, 3.63) is 29.8 Å². The maximum absolute atomic E-state index is 12.8. The summed E-state index contributed by atoms with van der Waals surface area (Å²) in [7, 11) is 0. The summed E-state index contributed by atoms with van der Waals surface area (Å²) in [5, 5.41) is 0. The van der Waals surface area contributed by atoms with Gasteiger partial charge >= 0.3 is 0 Å². The molecular formula is C17H24N2O2. The van der Waals surface area contributed by atoms with Crippen LogP contribution in [0.15, 0.2) is 24.3 Å². The van der Waals surface area contributed by atoms with Gasteiger partial charge in [-0.15, -0.1) is 0 Å². The highest BCUT2D eigenvalue weighted by Gasteiger charge is 2.42. The van der Waals surface area contributed by atoms with E-state index in [0.717, 1.165) is 43.4 Å². The first-order valence-electron chi connectivity index (χ1n) is 8.00. The average molecular weight is 288 g/mol. The van der Waals surface area contributed by atoms with Gasteiger partial charge in [-0.3, -0.25) is 4.79 Å². The van der Waals surface area contributed by atoms with E-state index in [-0.39, 0.29) is 11.9 Å². The Morgan fingerprint density at radius 3 is 2.71 bits per heavy atom. The zero-order valence-corrected chi connectivity index (χ0v) is 12.6.